The maximum atomic E-state index is 12.3. The molecule has 0 saturated heterocycles. The molecule has 0 atom stereocenters. The molecule has 24 heavy (non-hydrogen) atoms. The molecule has 0 saturated carbocycles. The van der Waals surface area contributed by atoms with E-state index in [4.69, 9.17) is 9.47 Å². The molecule has 1 N–H and O–H groups in total. The van der Waals surface area contributed by atoms with Gasteiger partial charge in [0.05, 0.1) is 20.3 Å². The molecule has 0 aromatic heterocycles. The first kappa shape index (κ1) is 17.9. The molecule has 2 aromatic carbocycles. The van der Waals surface area contributed by atoms with Gasteiger partial charge < -0.3 is 14.8 Å². The minimum Gasteiger partial charge on any atom is -0.497 e. The second kappa shape index (κ2) is 8.39. The molecule has 128 valence electrons. The number of hydrogen-bond donors (Lipinski definition) is 1. The zero-order valence-corrected chi connectivity index (χ0v) is 14.7. The van der Waals surface area contributed by atoms with Gasteiger partial charge in [0.1, 0.15) is 11.5 Å². The van der Waals surface area contributed by atoms with E-state index < -0.39 is 0 Å². The molecular weight excluding hydrogens is 302 g/mol. The van der Waals surface area contributed by atoms with Gasteiger partial charge in [-0.05, 0) is 41.3 Å². The largest absolute Gasteiger partial charge is 0.497 e. The monoisotopic (exact) mass is 327 g/mol. The fourth-order valence-electron chi connectivity index (χ4n) is 2.54. The van der Waals surface area contributed by atoms with Gasteiger partial charge in [0.25, 0.3) is 0 Å². The van der Waals surface area contributed by atoms with Crippen molar-refractivity contribution < 1.29 is 14.3 Å². The first-order chi connectivity index (χ1) is 11.5. The highest BCUT2D eigenvalue weighted by atomic mass is 16.5. The van der Waals surface area contributed by atoms with Gasteiger partial charge in [-0.2, -0.15) is 0 Å². The summed E-state index contributed by atoms with van der Waals surface area (Å²) in [6, 6.07) is 15.3. The van der Waals surface area contributed by atoms with Gasteiger partial charge in [0.2, 0.25) is 5.91 Å². The van der Waals surface area contributed by atoms with Gasteiger partial charge in [-0.25, -0.2) is 0 Å². The fourth-order valence-corrected chi connectivity index (χ4v) is 2.54. The molecule has 0 heterocycles. The number of methoxy groups -OCH3 is 2. The van der Waals surface area contributed by atoms with Crippen LogP contribution in [0.5, 0.6) is 11.5 Å². The van der Waals surface area contributed by atoms with Crippen LogP contribution in [0.2, 0.25) is 0 Å². The van der Waals surface area contributed by atoms with Crippen molar-refractivity contribution in [1.82, 2.24) is 5.32 Å². The van der Waals surface area contributed by atoms with E-state index in [1.807, 2.05) is 62.4 Å². The molecule has 0 aliphatic heterocycles. The van der Waals surface area contributed by atoms with E-state index in [2.05, 4.69) is 5.32 Å². The average molecular weight is 327 g/mol. The van der Waals surface area contributed by atoms with Crippen molar-refractivity contribution in [2.45, 2.75) is 26.3 Å². The molecule has 4 nitrogen and oxygen atoms in total. The molecule has 0 unspecified atom stereocenters. The van der Waals surface area contributed by atoms with E-state index in [1.165, 1.54) is 0 Å². The van der Waals surface area contributed by atoms with Gasteiger partial charge >= 0.3 is 0 Å². The summed E-state index contributed by atoms with van der Waals surface area (Å²) in [5, 5.41) is 3.14. The number of nitrogens with one attached hydrogen (secondary N) is 1. The van der Waals surface area contributed by atoms with Crippen molar-refractivity contribution >= 4 is 5.91 Å². The molecule has 0 spiro atoms. The van der Waals surface area contributed by atoms with E-state index in [0.717, 1.165) is 22.6 Å². The number of hydrogen-bond acceptors (Lipinski definition) is 3. The Morgan fingerprint density at radius 2 is 1.29 bits per heavy atom. The summed E-state index contributed by atoms with van der Waals surface area (Å²) < 4.78 is 10.4. The third-order valence-electron chi connectivity index (χ3n) is 3.80. The Morgan fingerprint density at radius 3 is 1.62 bits per heavy atom. The predicted molar refractivity (Wildman–Crippen MR) is 95.4 cm³/mol. The maximum absolute atomic E-state index is 12.3. The summed E-state index contributed by atoms with van der Waals surface area (Å²) in [6.07, 6.45) is 0.503. The van der Waals surface area contributed by atoms with Crippen molar-refractivity contribution in [3.05, 3.63) is 59.7 Å². The number of benzene rings is 2. The number of carbonyl (C=O) groups excluding carboxylic acids is 1. The van der Waals surface area contributed by atoms with E-state index in [-0.39, 0.29) is 11.9 Å². The molecule has 0 fully saturated rings. The Labute approximate surface area is 143 Å². The highest BCUT2D eigenvalue weighted by Gasteiger charge is 2.17. The lowest BCUT2D eigenvalue weighted by atomic mass is 9.97. The van der Waals surface area contributed by atoms with Crippen molar-refractivity contribution in [3.63, 3.8) is 0 Å². The third-order valence-corrected chi connectivity index (χ3v) is 3.80. The molecule has 2 rings (SSSR count). The zero-order valence-electron chi connectivity index (χ0n) is 14.7. The standard InChI is InChI=1S/C20H25NO3/c1-14(2)13-19(22)21-20(15-5-9-17(23-3)10-6-15)16-7-11-18(24-4)12-8-16/h5-12,14,20H,13H2,1-4H3,(H,21,22). The Balaban J connectivity index is 2.29. The number of ether oxygens (including phenoxy) is 2. The third kappa shape index (κ3) is 4.75. The molecule has 0 aliphatic rings. The van der Waals surface area contributed by atoms with Gasteiger partial charge in [0.15, 0.2) is 0 Å². The summed E-state index contributed by atoms with van der Waals surface area (Å²) in [4.78, 5) is 12.3. The van der Waals surface area contributed by atoms with E-state index in [9.17, 15) is 4.79 Å². The molecule has 0 radical (unpaired) electrons. The summed E-state index contributed by atoms with van der Waals surface area (Å²) in [5.41, 5.74) is 2.02. The van der Waals surface area contributed by atoms with Crippen LogP contribution in [0.1, 0.15) is 37.4 Å². The van der Waals surface area contributed by atoms with Crippen LogP contribution >= 0.6 is 0 Å². The van der Waals surface area contributed by atoms with Crippen molar-refractivity contribution in [2.75, 3.05) is 14.2 Å². The van der Waals surface area contributed by atoms with Crippen molar-refractivity contribution in [1.29, 1.82) is 0 Å². The topological polar surface area (TPSA) is 47.6 Å². The summed E-state index contributed by atoms with van der Waals surface area (Å²) in [7, 11) is 3.28. The smallest absolute Gasteiger partial charge is 0.221 e. The Bertz CT molecular complexity index is 600. The zero-order chi connectivity index (χ0) is 17.5. The second-order valence-corrected chi connectivity index (χ2v) is 6.14. The maximum Gasteiger partial charge on any atom is 0.221 e. The van der Waals surface area contributed by atoms with Crippen LogP contribution in [0.15, 0.2) is 48.5 Å². The van der Waals surface area contributed by atoms with E-state index in [1.54, 1.807) is 14.2 Å². The highest BCUT2D eigenvalue weighted by molar-refractivity contribution is 5.77. The molecule has 1 amide bonds. The quantitative estimate of drug-likeness (QED) is 0.837. The number of carbonyl (C=O) groups is 1. The fraction of sp³-hybridized carbons (Fsp3) is 0.350. The molecule has 0 aliphatic carbocycles. The molecule has 0 bridgehead atoms. The van der Waals surface area contributed by atoms with Crippen LogP contribution in [0, 0.1) is 5.92 Å². The Kier molecular flexibility index (Phi) is 6.24. The molecule has 2 aromatic rings. The first-order valence-corrected chi connectivity index (χ1v) is 8.10. The Hall–Kier alpha value is -2.49. The average Bonchev–Trinajstić information content (AvgIpc) is 2.59. The SMILES string of the molecule is COc1ccc(C(NC(=O)CC(C)C)c2ccc(OC)cc2)cc1. The Morgan fingerprint density at radius 1 is 0.875 bits per heavy atom. The lowest BCUT2D eigenvalue weighted by Gasteiger charge is -2.21. The minimum atomic E-state index is -0.201. The lowest BCUT2D eigenvalue weighted by molar-refractivity contribution is -0.122. The van der Waals surface area contributed by atoms with Crippen LogP contribution in [-0.4, -0.2) is 20.1 Å². The van der Waals surface area contributed by atoms with Crippen LogP contribution < -0.4 is 14.8 Å². The number of rotatable bonds is 7. The van der Waals surface area contributed by atoms with E-state index in [0.29, 0.717) is 12.3 Å². The summed E-state index contributed by atoms with van der Waals surface area (Å²) in [6.45, 7) is 4.07. The van der Waals surface area contributed by atoms with Crippen LogP contribution in [-0.2, 0) is 4.79 Å². The van der Waals surface area contributed by atoms with Crippen molar-refractivity contribution in [3.8, 4) is 11.5 Å². The highest BCUT2D eigenvalue weighted by Crippen LogP contribution is 2.26. The van der Waals surface area contributed by atoms with Crippen LogP contribution in [0.3, 0.4) is 0 Å². The van der Waals surface area contributed by atoms with Gasteiger partial charge in [-0.1, -0.05) is 38.1 Å². The van der Waals surface area contributed by atoms with Crippen LogP contribution in [0.25, 0.3) is 0 Å². The summed E-state index contributed by atoms with van der Waals surface area (Å²) >= 11 is 0. The van der Waals surface area contributed by atoms with Crippen LogP contribution in [0.4, 0.5) is 0 Å². The van der Waals surface area contributed by atoms with E-state index >= 15 is 0 Å². The summed E-state index contributed by atoms with van der Waals surface area (Å²) in [5.74, 6) is 1.94. The molecule has 4 heteroatoms. The van der Waals surface area contributed by atoms with Gasteiger partial charge in [0, 0.05) is 6.42 Å². The second-order valence-electron chi connectivity index (χ2n) is 6.14. The van der Waals surface area contributed by atoms with Gasteiger partial charge in [-0.3, -0.25) is 4.79 Å². The van der Waals surface area contributed by atoms with Crippen molar-refractivity contribution in [2.24, 2.45) is 5.92 Å². The lowest BCUT2D eigenvalue weighted by Crippen LogP contribution is -2.30. The minimum absolute atomic E-state index is 0.0432. The molecular formula is C20H25NO3. The normalized spacial score (nSPS) is 10.8. The first-order valence-electron chi connectivity index (χ1n) is 8.10. The number of amides is 1. The van der Waals surface area contributed by atoms with Gasteiger partial charge in [-0.15, -0.1) is 0 Å². The predicted octanol–water partition coefficient (Wildman–Crippen LogP) is 3.96.